The van der Waals surface area contributed by atoms with Gasteiger partial charge in [0.05, 0.1) is 35.0 Å². The summed E-state index contributed by atoms with van der Waals surface area (Å²) in [6, 6.07) is 11.1. The molecule has 1 aliphatic rings. The maximum absolute atomic E-state index is 13.3. The molecule has 27 heavy (non-hydrogen) atoms. The van der Waals surface area contributed by atoms with Gasteiger partial charge in [-0.2, -0.15) is 0 Å². The summed E-state index contributed by atoms with van der Waals surface area (Å²) in [6.45, 7) is 0.448. The molecule has 1 fully saturated rings. The van der Waals surface area contributed by atoms with Gasteiger partial charge in [0.1, 0.15) is 23.0 Å². The average Bonchev–Trinajstić information content (AvgIpc) is 3.55. The molecule has 144 valence electrons. The smallest absolute Gasteiger partial charge is 0.254 e. The van der Waals surface area contributed by atoms with Gasteiger partial charge in [0, 0.05) is 23.2 Å². The summed E-state index contributed by atoms with van der Waals surface area (Å²) in [7, 11) is 6.39. The van der Waals surface area contributed by atoms with Gasteiger partial charge in [-0.1, -0.05) is 0 Å². The Hall–Kier alpha value is -2.89. The summed E-state index contributed by atoms with van der Waals surface area (Å²) < 4.78 is 21.4. The summed E-state index contributed by atoms with van der Waals surface area (Å²) in [4.78, 5) is 15.1. The fraction of sp³-hybridized carbons (Fsp3) is 0.381. The van der Waals surface area contributed by atoms with Crippen LogP contribution in [0.1, 0.15) is 28.8 Å². The Balaban J connectivity index is 1.92. The molecule has 0 heterocycles. The standard InChI is InChI=1S/C21H25NO5/c1-24-17-7-8-20(27-4)15(11-17)13-22(16-5-6-16)21(23)14-9-18(25-2)12-19(10-14)26-3/h7-12,16H,5-6,13H2,1-4H3. The summed E-state index contributed by atoms with van der Waals surface area (Å²) in [6.07, 6.45) is 2.00. The lowest BCUT2D eigenvalue weighted by Crippen LogP contribution is -2.32. The van der Waals surface area contributed by atoms with Crippen molar-refractivity contribution in [3.63, 3.8) is 0 Å². The van der Waals surface area contributed by atoms with E-state index >= 15 is 0 Å². The van der Waals surface area contributed by atoms with Crippen LogP contribution in [0.5, 0.6) is 23.0 Å². The van der Waals surface area contributed by atoms with Crippen LogP contribution in [-0.2, 0) is 6.54 Å². The second kappa shape index (κ2) is 8.20. The maximum Gasteiger partial charge on any atom is 0.254 e. The second-order valence-electron chi connectivity index (χ2n) is 6.44. The largest absolute Gasteiger partial charge is 0.497 e. The molecule has 0 atom stereocenters. The molecule has 0 spiro atoms. The molecule has 2 aromatic rings. The molecule has 1 amide bonds. The fourth-order valence-electron chi connectivity index (χ4n) is 3.04. The lowest BCUT2D eigenvalue weighted by atomic mass is 10.1. The Bertz CT molecular complexity index is 794. The highest BCUT2D eigenvalue weighted by Gasteiger charge is 2.34. The highest BCUT2D eigenvalue weighted by molar-refractivity contribution is 5.95. The fourth-order valence-corrected chi connectivity index (χ4v) is 3.04. The van der Waals surface area contributed by atoms with E-state index in [0.717, 1.165) is 29.9 Å². The number of carbonyl (C=O) groups excluding carboxylic acids is 1. The third kappa shape index (κ3) is 4.27. The Morgan fingerprint density at radius 3 is 2.04 bits per heavy atom. The Labute approximate surface area is 159 Å². The third-order valence-corrected chi connectivity index (χ3v) is 4.68. The van der Waals surface area contributed by atoms with Crippen molar-refractivity contribution in [2.24, 2.45) is 0 Å². The van der Waals surface area contributed by atoms with Gasteiger partial charge in [0.2, 0.25) is 0 Å². The summed E-state index contributed by atoms with van der Waals surface area (Å²) in [5, 5.41) is 0. The molecular formula is C21H25NO5. The van der Waals surface area contributed by atoms with Gasteiger partial charge in [-0.15, -0.1) is 0 Å². The van der Waals surface area contributed by atoms with Crippen molar-refractivity contribution in [1.29, 1.82) is 0 Å². The third-order valence-electron chi connectivity index (χ3n) is 4.68. The van der Waals surface area contributed by atoms with Crippen molar-refractivity contribution < 1.29 is 23.7 Å². The molecule has 1 aliphatic carbocycles. The molecule has 6 heteroatoms. The zero-order chi connectivity index (χ0) is 19.4. The van der Waals surface area contributed by atoms with E-state index in [4.69, 9.17) is 18.9 Å². The number of rotatable bonds is 8. The first-order chi connectivity index (χ1) is 13.1. The van der Waals surface area contributed by atoms with Crippen molar-refractivity contribution in [1.82, 2.24) is 4.90 Å². The Morgan fingerprint density at radius 2 is 1.52 bits per heavy atom. The van der Waals surface area contributed by atoms with Crippen LogP contribution in [0.4, 0.5) is 0 Å². The number of ether oxygens (including phenoxy) is 4. The topological polar surface area (TPSA) is 57.2 Å². The molecule has 0 radical (unpaired) electrons. The van der Waals surface area contributed by atoms with Gasteiger partial charge in [0.15, 0.2) is 0 Å². The van der Waals surface area contributed by atoms with Crippen LogP contribution >= 0.6 is 0 Å². The molecule has 0 aliphatic heterocycles. The molecule has 0 bridgehead atoms. The number of methoxy groups -OCH3 is 4. The van der Waals surface area contributed by atoms with Crippen molar-refractivity contribution >= 4 is 5.91 Å². The SMILES string of the molecule is COc1cc(OC)cc(C(=O)N(Cc2cc(OC)ccc2OC)C2CC2)c1. The lowest BCUT2D eigenvalue weighted by molar-refractivity contribution is 0.0728. The van der Waals surface area contributed by atoms with Gasteiger partial charge in [0.25, 0.3) is 5.91 Å². The van der Waals surface area contributed by atoms with Gasteiger partial charge >= 0.3 is 0 Å². The number of benzene rings is 2. The van der Waals surface area contributed by atoms with E-state index in [0.29, 0.717) is 23.6 Å². The van der Waals surface area contributed by atoms with Crippen LogP contribution in [0.15, 0.2) is 36.4 Å². The molecule has 6 nitrogen and oxygen atoms in total. The normalized spacial score (nSPS) is 13.0. The van der Waals surface area contributed by atoms with E-state index in [1.165, 1.54) is 0 Å². The van der Waals surface area contributed by atoms with E-state index in [1.54, 1.807) is 46.6 Å². The van der Waals surface area contributed by atoms with E-state index in [2.05, 4.69) is 0 Å². The van der Waals surface area contributed by atoms with Crippen molar-refractivity contribution in [3.8, 4) is 23.0 Å². The maximum atomic E-state index is 13.3. The number of nitrogens with zero attached hydrogens (tertiary/aromatic N) is 1. The van der Waals surface area contributed by atoms with Gasteiger partial charge < -0.3 is 23.8 Å². The van der Waals surface area contributed by atoms with Crippen LogP contribution < -0.4 is 18.9 Å². The summed E-state index contributed by atoms with van der Waals surface area (Å²) >= 11 is 0. The molecule has 3 rings (SSSR count). The second-order valence-corrected chi connectivity index (χ2v) is 6.44. The van der Waals surface area contributed by atoms with E-state index in [1.807, 2.05) is 23.1 Å². The minimum Gasteiger partial charge on any atom is -0.497 e. The van der Waals surface area contributed by atoms with Gasteiger partial charge in [-0.3, -0.25) is 4.79 Å². The van der Waals surface area contributed by atoms with Gasteiger partial charge in [-0.25, -0.2) is 0 Å². The molecule has 0 aromatic heterocycles. The highest BCUT2D eigenvalue weighted by Crippen LogP contribution is 2.34. The molecule has 2 aromatic carbocycles. The summed E-state index contributed by atoms with van der Waals surface area (Å²) in [5.74, 6) is 2.59. The quantitative estimate of drug-likeness (QED) is 0.711. The van der Waals surface area contributed by atoms with Crippen molar-refractivity contribution in [2.75, 3.05) is 28.4 Å². The monoisotopic (exact) mass is 371 g/mol. The number of carbonyl (C=O) groups is 1. The first kappa shape index (κ1) is 18.9. The highest BCUT2D eigenvalue weighted by atomic mass is 16.5. The zero-order valence-corrected chi connectivity index (χ0v) is 16.2. The van der Waals surface area contributed by atoms with Gasteiger partial charge in [-0.05, 0) is 43.2 Å². The first-order valence-electron chi connectivity index (χ1n) is 8.84. The minimum atomic E-state index is -0.0560. The molecular weight excluding hydrogens is 346 g/mol. The molecule has 1 saturated carbocycles. The lowest BCUT2D eigenvalue weighted by Gasteiger charge is -2.24. The first-order valence-corrected chi connectivity index (χ1v) is 8.84. The van der Waals surface area contributed by atoms with Crippen LogP contribution in [0.3, 0.4) is 0 Å². The zero-order valence-electron chi connectivity index (χ0n) is 16.2. The average molecular weight is 371 g/mol. The van der Waals surface area contributed by atoms with Crippen LogP contribution in [0, 0.1) is 0 Å². The van der Waals surface area contributed by atoms with Crippen LogP contribution in [-0.4, -0.2) is 45.3 Å². The Kier molecular flexibility index (Phi) is 5.74. The van der Waals surface area contributed by atoms with E-state index in [9.17, 15) is 4.79 Å². The Morgan fingerprint density at radius 1 is 0.889 bits per heavy atom. The van der Waals surface area contributed by atoms with E-state index in [-0.39, 0.29) is 11.9 Å². The number of hydrogen-bond donors (Lipinski definition) is 0. The molecule has 0 saturated heterocycles. The number of amides is 1. The van der Waals surface area contributed by atoms with Crippen molar-refractivity contribution in [3.05, 3.63) is 47.5 Å². The number of hydrogen-bond acceptors (Lipinski definition) is 5. The van der Waals surface area contributed by atoms with Crippen LogP contribution in [0.25, 0.3) is 0 Å². The predicted molar refractivity (Wildman–Crippen MR) is 102 cm³/mol. The van der Waals surface area contributed by atoms with Crippen molar-refractivity contribution in [2.45, 2.75) is 25.4 Å². The summed E-state index contributed by atoms with van der Waals surface area (Å²) in [5.41, 5.74) is 1.45. The molecule has 0 unspecified atom stereocenters. The van der Waals surface area contributed by atoms with Crippen LogP contribution in [0.2, 0.25) is 0 Å². The minimum absolute atomic E-state index is 0.0560. The van der Waals surface area contributed by atoms with E-state index < -0.39 is 0 Å². The molecule has 0 N–H and O–H groups in total. The predicted octanol–water partition coefficient (Wildman–Crippen LogP) is 3.53.